The second-order valence-corrected chi connectivity index (χ2v) is 7.09. The predicted octanol–water partition coefficient (Wildman–Crippen LogP) is 4.86. The molecule has 3 heterocycles. The van der Waals surface area contributed by atoms with E-state index < -0.39 is 0 Å². The molecule has 0 saturated heterocycles. The third kappa shape index (κ3) is 2.86. The highest BCUT2D eigenvalue weighted by atomic mass is 32.1. The quantitative estimate of drug-likeness (QED) is 0.493. The summed E-state index contributed by atoms with van der Waals surface area (Å²) in [6, 6.07) is 18.1. The predicted molar refractivity (Wildman–Crippen MR) is 108 cm³/mol. The lowest BCUT2D eigenvalue weighted by molar-refractivity contribution is 0.103. The number of carbonyl (C=O) groups excluding carboxylic acids is 1. The lowest BCUT2D eigenvalue weighted by Crippen LogP contribution is -2.11. The van der Waals surface area contributed by atoms with Crippen LogP contribution < -0.4 is 5.32 Å². The number of amides is 1. The fourth-order valence-corrected chi connectivity index (χ4v) is 3.68. The number of aromatic nitrogens is 3. The van der Waals surface area contributed by atoms with Crippen molar-refractivity contribution in [3.8, 4) is 11.3 Å². The first-order valence-electron chi connectivity index (χ1n) is 8.45. The molecule has 5 rings (SSSR count). The summed E-state index contributed by atoms with van der Waals surface area (Å²) >= 11 is 1.41. The van der Waals surface area contributed by atoms with E-state index >= 15 is 0 Å². The van der Waals surface area contributed by atoms with Crippen LogP contribution in [0.4, 0.5) is 5.82 Å². The summed E-state index contributed by atoms with van der Waals surface area (Å²) in [5, 5.41) is 7.15. The maximum absolute atomic E-state index is 12.4. The Morgan fingerprint density at radius 2 is 1.85 bits per heavy atom. The standard InChI is InChI=1S/C21H14N4OS/c26-21(18-6-3-9-27-18)24-20-12-23-19-11-22-17(13-25(19)20)16-8-7-14-4-1-2-5-15(14)10-16/h1-13H,(H,24,26). The van der Waals surface area contributed by atoms with Crippen LogP contribution in [0, 0.1) is 0 Å². The smallest absolute Gasteiger partial charge is 0.266 e. The van der Waals surface area contributed by atoms with Crippen molar-refractivity contribution in [3.05, 3.63) is 83.4 Å². The topological polar surface area (TPSA) is 59.3 Å². The number of nitrogens with one attached hydrogen (secondary N) is 1. The van der Waals surface area contributed by atoms with E-state index in [1.165, 1.54) is 16.7 Å². The van der Waals surface area contributed by atoms with E-state index in [0.29, 0.717) is 16.3 Å². The van der Waals surface area contributed by atoms with E-state index in [1.807, 2.05) is 34.2 Å². The molecule has 0 radical (unpaired) electrons. The van der Waals surface area contributed by atoms with E-state index in [0.717, 1.165) is 16.6 Å². The Bertz CT molecular complexity index is 1270. The van der Waals surface area contributed by atoms with Crippen molar-refractivity contribution < 1.29 is 4.79 Å². The number of hydrogen-bond acceptors (Lipinski definition) is 4. The molecule has 5 aromatic rings. The van der Waals surface area contributed by atoms with E-state index in [9.17, 15) is 4.79 Å². The van der Waals surface area contributed by atoms with E-state index in [2.05, 4.69) is 45.6 Å². The third-order valence-corrected chi connectivity index (χ3v) is 5.30. The van der Waals surface area contributed by atoms with Gasteiger partial charge in [-0.3, -0.25) is 14.2 Å². The molecule has 0 aliphatic heterocycles. The molecule has 5 nitrogen and oxygen atoms in total. The lowest BCUT2D eigenvalue weighted by Gasteiger charge is -2.07. The van der Waals surface area contributed by atoms with E-state index in [-0.39, 0.29) is 5.91 Å². The molecular weight excluding hydrogens is 356 g/mol. The van der Waals surface area contributed by atoms with Crippen LogP contribution in [0.15, 0.2) is 78.6 Å². The molecular formula is C21H14N4OS. The Kier molecular flexibility index (Phi) is 3.69. The minimum atomic E-state index is -0.143. The monoisotopic (exact) mass is 370 g/mol. The Labute approximate surface area is 159 Å². The summed E-state index contributed by atoms with van der Waals surface area (Å²) in [7, 11) is 0. The van der Waals surface area contributed by atoms with Gasteiger partial charge in [0.05, 0.1) is 23.0 Å². The first-order chi connectivity index (χ1) is 13.3. The maximum atomic E-state index is 12.4. The molecule has 0 fully saturated rings. The van der Waals surface area contributed by atoms with Gasteiger partial charge in [-0.15, -0.1) is 11.3 Å². The van der Waals surface area contributed by atoms with Gasteiger partial charge in [-0.2, -0.15) is 0 Å². The summed E-state index contributed by atoms with van der Waals surface area (Å²) in [4.78, 5) is 21.9. The Morgan fingerprint density at radius 3 is 2.70 bits per heavy atom. The van der Waals surface area contributed by atoms with Crippen LogP contribution in [-0.4, -0.2) is 20.3 Å². The number of carbonyl (C=O) groups is 1. The van der Waals surface area contributed by atoms with Crippen LogP contribution in [0.5, 0.6) is 0 Å². The molecule has 0 aliphatic rings. The highest BCUT2D eigenvalue weighted by Gasteiger charge is 2.12. The zero-order chi connectivity index (χ0) is 18.2. The Hall–Kier alpha value is -3.51. The maximum Gasteiger partial charge on any atom is 0.266 e. The van der Waals surface area contributed by atoms with Gasteiger partial charge in [-0.05, 0) is 28.3 Å². The number of nitrogens with zero attached hydrogens (tertiary/aromatic N) is 3. The van der Waals surface area contributed by atoms with Crippen molar-refractivity contribution >= 4 is 39.5 Å². The summed E-state index contributed by atoms with van der Waals surface area (Å²) in [6.07, 6.45) is 5.26. The second kappa shape index (κ2) is 6.34. The van der Waals surface area contributed by atoms with Crippen molar-refractivity contribution in [2.45, 2.75) is 0 Å². The van der Waals surface area contributed by atoms with Gasteiger partial charge in [0.25, 0.3) is 5.91 Å². The minimum absolute atomic E-state index is 0.143. The van der Waals surface area contributed by atoms with Crippen LogP contribution in [0.1, 0.15) is 9.67 Å². The highest BCUT2D eigenvalue weighted by Crippen LogP contribution is 2.24. The number of imidazole rings is 1. The molecule has 1 N–H and O–H groups in total. The van der Waals surface area contributed by atoms with Crippen LogP contribution >= 0.6 is 11.3 Å². The number of thiophene rings is 1. The third-order valence-electron chi connectivity index (χ3n) is 4.43. The molecule has 27 heavy (non-hydrogen) atoms. The van der Waals surface area contributed by atoms with E-state index in [4.69, 9.17) is 0 Å². The summed E-state index contributed by atoms with van der Waals surface area (Å²) in [5.41, 5.74) is 2.51. The van der Waals surface area contributed by atoms with Crippen molar-refractivity contribution in [3.63, 3.8) is 0 Å². The van der Waals surface area contributed by atoms with Crippen molar-refractivity contribution in [1.29, 1.82) is 0 Å². The average Bonchev–Trinajstić information content (AvgIpc) is 3.38. The number of anilines is 1. The Balaban J connectivity index is 1.55. The molecule has 0 atom stereocenters. The van der Waals surface area contributed by atoms with E-state index in [1.54, 1.807) is 18.5 Å². The SMILES string of the molecule is O=C(Nc1cnc2cnc(-c3ccc4ccccc4c3)cn12)c1cccs1. The molecule has 3 aromatic heterocycles. The van der Waals surface area contributed by atoms with Gasteiger partial charge < -0.3 is 5.32 Å². The molecule has 0 saturated carbocycles. The first-order valence-corrected chi connectivity index (χ1v) is 9.33. The molecule has 130 valence electrons. The van der Waals surface area contributed by atoms with Gasteiger partial charge in [0.2, 0.25) is 0 Å². The van der Waals surface area contributed by atoms with Crippen LogP contribution in [0.2, 0.25) is 0 Å². The molecule has 0 spiro atoms. The second-order valence-electron chi connectivity index (χ2n) is 6.14. The zero-order valence-electron chi connectivity index (χ0n) is 14.2. The zero-order valence-corrected chi connectivity index (χ0v) is 15.0. The van der Waals surface area contributed by atoms with Crippen LogP contribution in [-0.2, 0) is 0 Å². The molecule has 6 heteroatoms. The number of rotatable bonds is 3. The van der Waals surface area contributed by atoms with Crippen molar-refractivity contribution in [1.82, 2.24) is 14.4 Å². The van der Waals surface area contributed by atoms with Crippen molar-refractivity contribution in [2.24, 2.45) is 0 Å². The largest absolute Gasteiger partial charge is 0.306 e. The summed E-state index contributed by atoms with van der Waals surface area (Å²) in [6.45, 7) is 0. The first kappa shape index (κ1) is 15.7. The summed E-state index contributed by atoms with van der Waals surface area (Å²) < 4.78 is 1.85. The van der Waals surface area contributed by atoms with Gasteiger partial charge >= 0.3 is 0 Å². The normalized spacial score (nSPS) is 11.1. The van der Waals surface area contributed by atoms with Crippen LogP contribution in [0.3, 0.4) is 0 Å². The van der Waals surface area contributed by atoms with Gasteiger partial charge in [-0.1, -0.05) is 42.5 Å². The highest BCUT2D eigenvalue weighted by molar-refractivity contribution is 7.12. The average molecular weight is 370 g/mol. The van der Waals surface area contributed by atoms with Crippen LogP contribution in [0.25, 0.3) is 27.7 Å². The Morgan fingerprint density at radius 1 is 0.963 bits per heavy atom. The molecule has 2 aromatic carbocycles. The lowest BCUT2D eigenvalue weighted by atomic mass is 10.1. The minimum Gasteiger partial charge on any atom is -0.306 e. The van der Waals surface area contributed by atoms with Gasteiger partial charge in [-0.25, -0.2) is 4.98 Å². The fourth-order valence-electron chi connectivity index (χ4n) is 3.07. The number of benzene rings is 2. The number of fused-ring (bicyclic) bond motifs is 2. The molecule has 0 aliphatic carbocycles. The number of hydrogen-bond donors (Lipinski definition) is 1. The summed E-state index contributed by atoms with van der Waals surface area (Å²) in [5.74, 6) is 0.476. The van der Waals surface area contributed by atoms with Crippen molar-refractivity contribution in [2.75, 3.05) is 5.32 Å². The molecule has 0 bridgehead atoms. The van der Waals surface area contributed by atoms with Gasteiger partial charge in [0, 0.05) is 11.8 Å². The fraction of sp³-hybridized carbons (Fsp3) is 0. The van der Waals surface area contributed by atoms with Gasteiger partial charge in [0.1, 0.15) is 5.82 Å². The molecule has 0 unspecified atom stereocenters. The van der Waals surface area contributed by atoms with Gasteiger partial charge in [0.15, 0.2) is 5.65 Å². The molecule has 1 amide bonds.